The Balaban J connectivity index is 2.51. The summed E-state index contributed by atoms with van der Waals surface area (Å²) in [7, 11) is 1.46. The number of rotatable bonds is 6. The van der Waals surface area contributed by atoms with Gasteiger partial charge in [-0.2, -0.15) is 5.26 Å². The molecule has 0 aliphatic rings. The van der Waals surface area contributed by atoms with Gasteiger partial charge in [0.15, 0.2) is 17.6 Å². The summed E-state index contributed by atoms with van der Waals surface area (Å²) in [6.45, 7) is 1.42. The third-order valence-electron chi connectivity index (χ3n) is 3.45. The predicted octanol–water partition coefficient (Wildman–Crippen LogP) is 4.26. The highest BCUT2D eigenvalue weighted by molar-refractivity contribution is 6.30. The maximum Gasteiger partial charge on any atom is 0.344 e. The van der Waals surface area contributed by atoms with E-state index < -0.39 is 12.1 Å². The van der Waals surface area contributed by atoms with Crippen LogP contribution in [0.4, 0.5) is 0 Å². The van der Waals surface area contributed by atoms with E-state index in [4.69, 9.17) is 26.2 Å². The fraction of sp³-hybridized carbons (Fsp3) is 0.158. The lowest BCUT2D eigenvalue weighted by molar-refractivity contribution is -0.144. The van der Waals surface area contributed by atoms with Gasteiger partial charge in [-0.3, -0.25) is 0 Å². The molecule has 0 heterocycles. The average Bonchev–Trinajstić information content (AvgIpc) is 2.61. The van der Waals surface area contributed by atoms with Gasteiger partial charge in [-0.1, -0.05) is 35.9 Å². The number of hydrogen-bond donors (Lipinski definition) is 1. The highest BCUT2D eigenvalue weighted by Crippen LogP contribution is 2.34. The van der Waals surface area contributed by atoms with Gasteiger partial charge in [-0.05, 0) is 36.8 Å². The summed E-state index contributed by atoms with van der Waals surface area (Å²) >= 11 is 5.88. The van der Waals surface area contributed by atoms with E-state index in [1.165, 1.54) is 14.0 Å². The lowest BCUT2D eigenvalue weighted by atomic mass is 10.0. The van der Waals surface area contributed by atoms with Crippen molar-refractivity contribution in [2.45, 2.75) is 13.0 Å². The highest BCUT2D eigenvalue weighted by Gasteiger charge is 2.18. The number of benzene rings is 2. The van der Waals surface area contributed by atoms with Crippen molar-refractivity contribution in [1.82, 2.24) is 0 Å². The predicted molar refractivity (Wildman–Crippen MR) is 95.7 cm³/mol. The summed E-state index contributed by atoms with van der Waals surface area (Å²) in [5, 5.41) is 19.1. The van der Waals surface area contributed by atoms with Crippen molar-refractivity contribution in [3.05, 3.63) is 58.6 Å². The third kappa shape index (κ3) is 4.52. The summed E-state index contributed by atoms with van der Waals surface area (Å²) in [6, 6.07) is 14.1. The van der Waals surface area contributed by atoms with Crippen LogP contribution >= 0.6 is 11.6 Å². The van der Waals surface area contributed by atoms with Crippen molar-refractivity contribution in [3.8, 4) is 17.6 Å². The minimum absolute atomic E-state index is 0.265. The number of para-hydroxylation sites is 1. The lowest BCUT2D eigenvalue weighted by Crippen LogP contribution is -2.23. The van der Waals surface area contributed by atoms with Crippen LogP contribution in [0.3, 0.4) is 0 Å². The van der Waals surface area contributed by atoms with Crippen LogP contribution in [0.5, 0.6) is 11.5 Å². The second-order valence-corrected chi connectivity index (χ2v) is 5.59. The molecule has 0 bridgehead atoms. The molecule has 2 rings (SSSR count). The standard InChI is InChI=1S/C19H16ClNO4/c1-12(19(22)23)25-18-14(4-3-5-17(18)24-2)10-15(11-21)13-6-8-16(20)9-7-13/h3-10,12H,1-2H3,(H,22,23)/b15-10-/t12-/m1/s1. The van der Waals surface area contributed by atoms with Gasteiger partial charge in [-0.25, -0.2) is 4.79 Å². The van der Waals surface area contributed by atoms with E-state index in [1.807, 2.05) is 0 Å². The Labute approximate surface area is 150 Å². The van der Waals surface area contributed by atoms with Crippen LogP contribution in [0.2, 0.25) is 5.02 Å². The Bertz CT molecular complexity index is 837. The number of allylic oxidation sites excluding steroid dienone is 1. The van der Waals surface area contributed by atoms with E-state index >= 15 is 0 Å². The number of halogens is 1. The molecular formula is C19H16ClNO4. The zero-order valence-corrected chi connectivity index (χ0v) is 14.4. The maximum atomic E-state index is 11.1. The van der Waals surface area contributed by atoms with Crippen LogP contribution in [-0.2, 0) is 4.79 Å². The molecule has 5 nitrogen and oxygen atoms in total. The molecule has 1 atom stereocenters. The number of nitriles is 1. The number of hydrogen-bond acceptors (Lipinski definition) is 4. The molecule has 0 amide bonds. The molecule has 0 fully saturated rings. The van der Waals surface area contributed by atoms with Crippen molar-refractivity contribution in [1.29, 1.82) is 5.26 Å². The van der Waals surface area contributed by atoms with Crippen molar-refractivity contribution < 1.29 is 19.4 Å². The summed E-state index contributed by atoms with van der Waals surface area (Å²) in [5.41, 5.74) is 1.61. The third-order valence-corrected chi connectivity index (χ3v) is 3.70. The SMILES string of the molecule is COc1cccc(/C=C(/C#N)c2ccc(Cl)cc2)c1O[C@H](C)C(=O)O. The number of methoxy groups -OCH3 is 1. The smallest absolute Gasteiger partial charge is 0.344 e. The van der Waals surface area contributed by atoms with Crippen LogP contribution in [0.15, 0.2) is 42.5 Å². The molecule has 6 heteroatoms. The second-order valence-electron chi connectivity index (χ2n) is 5.15. The molecule has 0 unspecified atom stereocenters. The largest absolute Gasteiger partial charge is 0.493 e. The van der Waals surface area contributed by atoms with E-state index in [2.05, 4.69) is 6.07 Å². The van der Waals surface area contributed by atoms with Gasteiger partial charge < -0.3 is 14.6 Å². The molecule has 1 N–H and O–H groups in total. The Morgan fingerprint density at radius 1 is 1.28 bits per heavy atom. The number of carbonyl (C=O) groups is 1. The Morgan fingerprint density at radius 3 is 2.52 bits per heavy atom. The van der Waals surface area contributed by atoms with Crippen molar-refractivity contribution >= 4 is 29.2 Å². The van der Waals surface area contributed by atoms with E-state index in [1.54, 1.807) is 48.5 Å². The molecule has 0 spiro atoms. The van der Waals surface area contributed by atoms with Crippen LogP contribution in [0.25, 0.3) is 11.6 Å². The first-order valence-electron chi connectivity index (χ1n) is 7.40. The van der Waals surface area contributed by atoms with Gasteiger partial charge in [0.1, 0.15) is 0 Å². The van der Waals surface area contributed by atoms with Gasteiger partial charge in [0, 0.05) is 10.6 Å². The van der Waals surface area contributed by atoms with Crippen LogP contribution < -0.4 is 9.47 Å². The van der Waals surface area contributed by atoms with Crippen LogP contribution in [0.1, 0.15) is 18.1 Å². The fourth-order valence-corrected chi connectivity index (χ4v) is 2.25. The maximum absolute atomic E-state index is 11.1. The first-order chi connectivity index (χ1) is 12.0. The summed E-state index contributed by atoms with van der Waals surface area (Å²) in [6.07, 6.45) is 0.555. The molecule has 128 valence electrons. The van der Waals surface area contributed by atoms with E-state index in [-0.39, 0.29) is 5.75 Å². The van der Waals surface area contributed by atoms with Gasteiger partial charge in [0.2, 0.25) is 0 Å². The molecule has 2 aromatic carbocycles. The summed E-state index contributed by atoms with van der Waals surface area (Å²) in [5.74, 6) is -0.448. The first kappa shape index (κ1) is 18.4. The Kier molecular flexibility index (Phi) is 6.04. The molecule has 0 radical (unpaired) electrons. The quantitative estimate of drug-likeness (QED) is 0.617. The number of aliphatic carboxylic acids is 1. The number of carboxylic acids is 1. The molecule has 0 saturated heterocycles. The molecule has 25 heavy (non-hydrogen) atoms. The van der Waals surface area contributed by atoms with Crippen molar-refractivity contribution in [2.75, 3.05) is 7.11 Å². The minimum Gasteiger partial charge on any atom is -0.493 e. The minimum atomic E-state index is -1.10. The van der Waals surface area contributed by atoms with Gasteiger partial charge in [0.25, 0.3) is 0 Å². The molecule has 0 aliphatic carbocycles. The monoisotopic (exact) mass is 357 g/mol. The Hall–Kier alpha value is -2.97. The van der Waals surface area contributed by atoms with E-state index in [0.29, 0.717) is 27.5 Å². The molecule has 0 aliphatic heterocycles. The normalized spacial score (nSPS) is 12.2. The lowest BCUT2D eigenvalue weighted by Gasteiger charge is -2.16. The number of nitrogens with zero attached hydrogens (tertiary/aromatic N) is 1. The number of ether oxygens (including phenoxy) is 2. The molecular weight excluding hydrogens is 342 g/mol. The van der Waals surface area contributed by atoms with Gasteiger partial charge >= 0.3 is 5.97 Å². The molecule has 2 aromatic rings. The van der Waals surface area contributed by atoms with E-state index in [9.17, 15) is 10.1 Å². The average molecular weight is 358 g/mol. The topological polar surface area (TPSA) is 79.5 Å². The van der Waals surface area contributed by atoms with Crippen molar-refractivity contribution in [3.63, 3.8) is 0 Å². The summed E-state index contributed by atoms with van der Waals surface area (Å²) < 4.78 is 10.8. The van der Waals surface area contributed by atoms with Crippen LogP contribution in [-0.4, -0.2) is 24.3 Å². The van der Waals surface area contributed by atoms with Gasteiger partial charge in [-0.15, -0.1) is 0 Å². The second kappa shape index (κ2) is 8.22. The number of carboxylic acid groups (broad SMARTS) is 1. The summed E-state index contributed by atoms with van der Waals surface area (Å²) in [4.78, 5) is 11.1. The first-order valence-corrected chi connectivity index (χ1v) is 7.78. The zero-order valence-electron chi connectivity index (χ0n) is 13.7. The highest BCUT2D eigenvalue weighted by atomic mass is 35.5. The zero-order chi connectivity index (χ0) is 18.4. The Morgan fingerprint density at radius 2 is 1.96 bits per heavy atom. The van der Waals surface area contributed by atoms with Crippen molar-refractivity contribution in [2.24, 2.45) is 0 Å². The molecule has 0 aromatic heterocycles. The molecule has 0 saturated carbocycles. The van der Waals surface area contributed by atoms with Gasteiger partial charge in [0.05, 0.1) is 18.8 Å². The van der Waals surface area contributed by atoms with Crippen LogP contribution in [0, 0.1) is 11.3 Å². The van der Waals surface area contributed by atoms with E-state index in [0.717, 1.165) is 0 Å². The fourth-order valence-electron chi connectivity index (χ4n) is 2.13.